The quantitative estimate of drug-likeness (QED) is 0.431. The SMILES string of the molecule is CC(C)(C)c1ccc(-c2nnc3sc(-c4ccc(Br)cc4)nn23)cc1. The Labute approximate surface area is 158 Å². The molecule has 0 aliphatic carbocycles. The summed E-state index contributed by atoms with van der Waals surface area (Å²) in [6.07, 6.45) is 0. The standard InChI is InChI=1S/C19H17BrN4S/c1-19(2,3)14-8-4-12(5-9-14)16-21-22-18-24(16)23-17(25-18)13-6-10-15(20)11-7-13/h4-11H,1-3H3. The van der Waals surface area contributed by atoms with Crippen molar-refractivity contribution < 1.29 is 0 Å². The smallest absolute Gasteiger partial charge is 0.182 e. The molecule has 0 amide bonds. The minimum absolute atomic E-state index is 0.133. The van der Waals surface area contributed by atoms with Crippen molar-refractivity contribution in [2.24, 2.45) is 0 Å². The molecule has 2 aromatic heterocycles. The van der Waals surface area contributed by atoms with Gasteiger partial charge in [-0.2, -0.15) is 9.61 Å². The Morgan fingerprint density at radius 2 is 1.52 bits per heavy atom. The lowest BCUT2D eigenvalue weighted by Crippen LogP contribution is -2.10. The lowest BCUT2D eigenvalue weighted by molar-refractivity contribution is 0.590. The molecular formula is C19H17BrN4S. The third kappa shape index (κ3) is 3.12. The highest BCUT2D eigenvalue weighted by atomic mass is 79.9. The van der Waals surface area contributed by atoms with E-state index in [2.05, 4.69) is 71.2 Å². The molecule has 4 nitrogen and oxygen atoms in total. The number of benzene rings is 2. The van der Waals surface area contributed by atoms with Crippen LogP contribution in [0.3, 0.4) is 0 Å². The second-order valence-corrected chi connectivity index (χ2v) is 8.83. The topological polar surface area (TPSA) is 43.1 Å². The molecule has 0 fully saturated rings. The van der Waals surface area contributed by atoms with Gasteiger partial charge in [0, 0.05) is 15.6 Å². The maximum atomic E-state index is 4.72. The third-order valence-electron chi connectivity index (χ3n) is 4.09. The van der Waals surface area contributed by atoms with Gasteiger partial charge in [0.05, 0.1) is 0 Å². The molecule has 126 valence electrons. The van der Waals surface area contributed by atoms with Gasteiger partial charge in [0.15, 0.2) is 5.82 Å². The van der Waals surface area contributed by atoms with Crippen LogP contribution < -0.4 is 0 Å². The average Bonchev–Trinajstić information content (AvgIpc) is 3.15. The lowest BCUT2D eigenvalue weighted by Gasteiger charge is -2.18. The van der Waals surface area contributed by atoms with Gasteiger partial charge in [0.1, 0.15) is 5.01 Å². The summed E-state index contributed by atoms with van der Waals surface area (Å²) in [4.78, 5) is 0.799. The van der Waals surface area contributed by atoms with E-state index >= 15 is 0 Å². The van der Waals surface area contributed by atoms with E-state index in [0.717, 1.165) is 31.4 Å². The summed E-state index contributed by atoms with van der Waals surface area (Å²) < 4.78 is 2.88. The van der Waals surface area contributed by atoms with E-state index in [1.54, 1.807) is 11.3 Å². The van der Waals surface area contributed by atoms with E-state index in [0.29, 0.717) is 0 Å². The first-order valence-electron chi connectivity index (χ1n) is 8.01. The molecule has 0 N–H and O–H groups in total. The van der Waals surface area contributed by atoms with Gasteiger partial charge in [0.25, 0.3) is 0 Å². The molecule has 0 spiro atoms. The molecular weight excluding hydrogens is 396 g/mol. The predicted molar refractivity (Wildman–Crippen MR) is 106 cm³/mol. The molecule has 0 aliphatic rings. The highest BCUT2D eigenvalue weighted by Gasteiger charge is 2.17. The number of aromatic nitrogens is 4. The minimum atomic E-state index is 0.133. The van der Waals surface area contributed by atoms with Crippen LogP contribution in [0.5, 0.6) is 0 Å². The molecule has 0 aliphatic heterocycles. The first-order valence-corrected chi connectivity index (χ1v) is 9.62. The van der Waals surface area contributed by atoms with E-state index in [4.69, 9.17) is 5.10 Å². The molecule has 2 aromatic carbocycles. The predicted octanol–water partition coefficient (Wildman–Crippen LogP) is 5.58. The van der Waals surface area contributed by atoms with E-state index < -0.39 is 0 Å². The second-order valence-electron chi connectivity index (χ2n) is 6.96. The van der Waals surface area contributed by atoms with E-state index in [1.165, 1.54) is 5.56 Å². The second kappa shape index (κ2) is 6.04. The summed E-state index contributed by atoms with van der Waals surface area (Å²) in [5.74, 6) is 0.773. The van der Waals surface area contributed by atoms with Crippen LogP contribution in [0.15, 0.2) is 53.0 Å². The van der Waals surface area contributed by atoms with E-state index in [-0.39, 0.29) is 5.41 Å². The maximum Gasteiger partial charge on any atom is 0.235 e. The highest BCUT2D eigenvalue weighted by Crippen LogP contribution is 2.30. The average molecular weight is 413 g/mol. The van der Waals surface area contributed by atoms with Gasteiger partial charge in [-0.25, -0.2) is 0 Å². The molecule has 6 heteroatoms. The van der Waals surface area contributed by atoms with Crippen molar-refractivity contribution in [1.82, 2.24) is 19.8 Å². The van der Waals surface area contributed by atoms with Crippen LogP contribution in [-0.4, -0.2) is 19.8 Å². The summed E-state index contributed by atoms with van der Waals surface area (Å²) in [5.41, 5.74) is 3.53. The third-order valence-corrected chi connectivity index (χ3v) is 5.57. The van der Waals surface area contributed by atoms with Gasteiger partial charge in [-0.15, -0.1) is 10.2 Å². The largest absolute Gasteiger partial charge is 0.235 e. The number of fused-ring (bicyclic) bond motifs is 1. The molecule has 4 rings (SSSR count). The number of hydrogen-bond donors (Lipinski definition) is 0. The fourth-order valence-electron chi connectivity index (χ4n) is 2.63. The Balaban J connectivity index is 1.74. The van der Waals surface area contributed by atoms with Gasteiger partial charge >= 0.3 is 0 Å². The Morgan fingerprint density at radius 3 is 2.16 bits per heavy atom. The van der Waals surface area contributed by atoms with Crippen LogP contribution in [0.1, 0.15) is 26.3 Å². The maximum absolute atomic E-state index is 4.72. The highest BCUT2D eigenvalue weighted by molar-refractivity contribution is 9.10. The fourth-order valence-corrected chi connectivity index (χ4v) is 3.73. The van der Waals surface area contributed by atoms with Crippen molar-refractivity contribution in [2.45, 2.75) is 26.2 Å². The van der Waals surface area contributed by atoms with Crippen molar-refractivity contribution in [3.8, 4) is 22.0 Å². The van der Waals surface area contributed by atoms with Crippen molar-refractivity contribution in [1.29, 1.82) is 0 Å². The van der Waals surface area contributed by atoms with Crippen molar-refractivity contribution >= 4 is 32.2 Å². The van der Waals surface area contributed by atoms with Gasteiger partial charge in [-0.3, -0.25) is 0 Å². The zero-order valence-corrected chi connectivity index (χ0v) is 16.6. The van der Waals surface area contributed by atoms with Crippen LogP contribution in [-0.2, 0) is 5.41 Å². The monoisotopic (exact) mass is 412 g/mol. The van der Waals surface area contributed by atoms with Crippen molar-refractivity contribution in [3.05, 3.63) is 58.6 Å². The molecule has 0 saturated heterocycles. The molecule has 2 heterocycles. The minimum Gasteiger partial charge on any atom is -0.182 e. The van der Waals surface area contributed by atoms with Crippen LogP contribution in [0, 0.1) is 0 Å². The molecule has 0 unspecified atom stereocenters. The Hall–Kier alpha value is -2.05. The zero-order valence-electron chi connectivity index (χ0n) is 14.2. The summed E-state index contributed by atoms with van der Waals surface area (Å²) in [6.45, 7) is 6.63. The summed E-state index contributed by atoms with van der Waals surface area (Å²) >= 11 is 5.00. The molecule has 0 radical (unpaired) electrons. The van der Waals surface area contributed by atoms with Gasteiger partial charge in [-0.1, -0.05) is 84.4 Å². The van der Waals surface area contributed by atoms with Crippen molar-refractivity contribution in [2.75, 3.05) is 0 Å². The molecule has 4 aromatic rings. The molecule has 0 atom stereocenters. The fraction of sp³-hybridized carbons (Fsp3) is 0.211. The van der Waals surface area contributed by atoms with E-state index in [1.807, 2.05) is 28.8 Å². The molecule has 0 bridgehead atoms. The summed E-state index contributed by atoms with van der Waals surface area (Å²) in [6, 6.07) is 16.6. The van der Waals surface area contributed by atoms with Crippen molar-refractivity contribution in [3.63, 3.8) is 0 Å². The molecule has 25 heavy (non-hydrogen) atoms. The number of nitrogens with zero attached hydrogens (tertiary/aromatic N) is 4. The van der Waals surface area contributed by atoms with Crippen LogP contribution in [0.4, 0.5) is 0 Å². The van der Waals surface area contributed by atoms with Gasteiger partial charge in [-0.05, 0) is 23.1 Å². The Morgan fingerprint density at radius 1 is 0.880 bits per heavy atom. The van der Waals surface area contributed by atoms with Gasteiger partial charge < -0.3 is 0 Å². The normalized spacial score (nSPS) is 12.0. The zero-order chi connectivity index (χ0) is 17.6. The van der Waals surface area contributed by atoms with Crippen LogP contribution >= 0.6 is 27.3 Å². The first-order chi connectivity index (χ1) is 11.9. The lowest BCUT2D eigenvalue weighted by atomic mass is 9.87. The Bertz CT molecular complexity index is 1020. The first kappa shape index (κ1) is 16.4. The Kier molecular flexibility index (Phi) is 3.96. The van der Waals surface area contributed by atoms with Crippen LogP contribution in [0.2, 0.25) is 0 Å². The van der Waals surface area contributed by atoms with Crippen LogP contribution in [0.25, 0.3) is 26.9 Å². The summed E-state index contributed by atoms with van der Waals surface area (Å²) in [7, 11) is 0. The number of rotatable bonds is 2. The number of halogens is 1. The van der Waals surface area contributed by atoms with E-state index in [9.17, 15) is 0 Å². The van der Waals surface area contributed by atoms with Gasteiger partial charge in [0.2, 0.25) is 4.96 Å². The number of hydrogen-bond acceptors (Lipinski definition) is 4. The molecule has 0 saturated carbocycles. The summed E-state index contributed by atoms with van der Waals surface area (Å²) in [5, 5.41) is 14.3.